The Morgan fingerprint density at radius 2 is 1.73 bits per heavy atom. The summed E-state index contributed by atoms with van der Waals surface area (Å²) >= 11 is 0. The number of nitrogens with one attached hydrogen (secondary N) is 1. The van der Waals surface area contributed by atoms with E-state index in [1.807, 2.05) is 31.2 Å². The molecule has 9 heteroatoms. The van der Waals surface area contributed by atoms with E-state index >= 15 is 0 Å². The minimum Gasteiger partial charge on any atom is -0.348 e. The van der Waals surface area contributed by atoms with Crippen molar-refractivity contribution in [3.05, 3.63) is 70.8 Å². The van der Waals surface area contributed by atoms with Crippen molar-refractivity contribution in [2.75, 3.05) is 18.8 Å². The van der Waals surface area contributed by atoms with Crippen LogP contribution in [0.25, 0.3) is 0 Å². The lowest BCUT2D eigenvalue weighted by atomic mass is 9.71. The first-order valence-electron chi connectivity index (χ1n) is 11.1. The first kappa shape index (κ1) is 23.8. The Labute approximate surface area is 192 Å². The molecule has 1 aliphatic carbocycles. The molecule has 0 bridgehead atoms. The third-order valence-electron chi connectivity index (χ3n) is 6.90. The van der Waals surface area contributed by atoms with Crippen LogP contribution in [-0.2, 0) is 28.0 Å². The first-order chi connectivity index (χ1) is 15.6. The first-order valence-corrected chi connectivity index (χ1v) is 12.7. The van der Waals surface area contributed by atoms with Crippen LogP contribution in [0.5, 0.6) is 0 Å². The Kier molecular flexibility index (Phi) is 6.30. The van der Waals surface area contributed by atoms with Gasteiger partial charge in [0.15, 0.2) is 0 Å². The molecule has 2 aromatic carbocycles. The van der Waals surface area contributed by atoms with Gasteiger partial charge in [-0.3, -0.25) is 4.79 Å². The number of alkyl halides is 3. The van der Waals surface area contributed by atoms with Crippen LogP contribution in [0.2, 0.25) is 0 Å². The second-order valence-electron chi connectivity index (χ2n) is 8.80. The summed E-state index contributed by atoms with van der Waals surface area (Å²) in [7, 11) is -3.34. The summed E-state index contributed by atoms with van der Waals surface area (Å²) in [5.74, 6) is -0.675. The molecule has 1 unspecified atom stereocenters. The molecule has 1 fully saturated rings. The highest BCUT2D eigenvalue weighted by molar-refractivity contribution is 7.89. The Morgan fingerprint density at radius 3 is 2.39 bits per heavy atom. The van der Waals surface area contributed by atoms with E-state index in [2.05, 4.69) is 5.32 Å². The molecular weight excluding hydrogens is 453 g/mol. The highest BCUT2D eigenvalue weighted by atomic mass is 32.2. The van der Waals surface area contributed by atoms with Crippen LogP contribution in [0.1, 0.15) is 53.2 Å². The molecule has 1 amide bonds. The van der Waals surface area contributed by atoms with Crippen LogP contribution < -0.4 is 5.32 Å². The summed E-state index contributed by atoms with van der Waals surface area (Å²) in [5, 5.41) is 2.89. The third-order valence-corrected chi connectivity index (χ3v) is 8.97. The maximum Gasteiger partial charge on any atom is 0.417 e. The third kappa shape index (κ3) is 4.40. The smallest absolute Gasteiger partial charge is 0.348 e. The van der Waals surface area contributed by atoms with Gasteiger partial charge < -0.3 is 5.32 Å². The maximum atomic E-state index is 13.5. The van der Waals surface area contributed by atoms with Crippen LogP contribution in [-0.4, -0.2) is 43.5 Å². The van der Waals surface area contributed by atoms with Gasteiger partial charge in [-0.2, -0.15) is 13.2 Å². The van der Waals surface area contributed by atoms with Crippen molar-refractivity contribution in [1.82, 2.24) is 9.62 Å². The second kappa shape index (κ2) is 8.76. The Bertz CT molecular complexity index is 1140. The van der Waals surface area contributed by atoms with Crippen molar-refractivity contribution in [2.45, 2.75) is 50.2 Å². The largest absolute Gasteiger partial charge is 0.417 e. The van der Waals surface area contributed by atoms with Gasteiger partial charge in [-0.05, 0) is 48.9 Å². The molecule has 0 radical (unpaired) electrons. The average molecular weight is 481 g/mol. The lowest BCUT2D eigenvalue weighted by molar-refractivity contribution is -0.137. The summed E-state index contributed by atoms with van der Waals surface area (Å²) in [6, 6.07) is 12.1. The predicted octanol–water partition coefficient (Wildman–Crippen LogP) is 4.13. The van der Waals surface area contributed by atoms with Gasteiger partial charge in [-0.25, -0.2) is 12.7 Å². The maximum absolute atomic E-state index is 13.5. The van der Waals surface area contributed by atoms with Gasteiger partial charge in [0.2, 0.25) is 10.0 Å². The number of amides is 1. The number of carbonyl (C=O) groups is 1. The topological polar surface area (TPSA) is 66.5 Å². The molecule has 2 aromatic rings. The molecule has 1 N–H and O–H groups in total. The summed E-state index contributed by atoms with van der Waals surface area (Å²) in [4.78, 5) is 13.0. The second-order valence-corrected chi connectivity index (χ2v) is 10.9. The number of benzene rings is 2. The lowest BCUT2D eigenvalue weighted by Gasteiger charge is -2.43. The van der Waals surface area contributed by atoms with E-state index in [0.29, 0.717) is 38.8 Å². The fraction of sp³-hybridized carbons (Fsp3) is 0.458. The van der Waals surface area contributed by atoms with Crippen molar-refractivity contribution < 1.29 is 26.4 Å². The molecule has 33 heavy (non-hydrogen) atoms. The Hall–Kier alpha value is -2.39. The van der Waals surface area contributed by atoms with Crippen LogP contribution >= 0.6 is 0 Å². The molecule has 1 atom stereocenters. The molecule has 0 aromatic heterocycles. The van der Waals surface area contributed by atoms with Crippen molar-refractivity contribution in [1.29, 1.82) is 0 Å². The predicted molar refractivity (Wildman–Crippen MR) is 119 cm³/mol. The number of carbonyl (C=O) groups excluding carboxylic acids is 1. The fourth-order valence-electron chi connectivity index (χ4n) is 5.31. The molecule has 1 spiro atoms. The number of nitrogens with zero attached hydrogens (tertiary/aromatic N) is 1. The lowest BCUT2D eigenvalue weighted by Crippen LogP contribution is -2.54. The van der Waals surface area contributed by atoms with Crippen LogP contribution in [0.15, 0.2) is 48.5 Å². The zero-order valence-corrected chi connectivity index (χ0v) is 19.2. The van der Waals surface area contributed by atoms with E-state index in [4.69, 9.17) is 0 Å². The van der Waals surface area contributed by atoms with Gasteiger partial charge >= 0.3 is 6.18 Å². The number of hydrogen-bond acceptors (Lipinski definition) is 3. The van der Waals surface area contributed by atoms with Crippen LogP contribution in [0.4, 0.5) is 13.2 Å². The number of sulfonamides is 1. The van der Waals surface area contributed by atoms with E-state index in [1.165, 1.54) is 22.5 Å². The van der Waals surface area contributed by atoms with Gasteiger partial charge in [0.25, 0.3) is 5.91 Å². The number of halogens is 3. The minimum absolute atomic E-state index is 0.0883. The van der Waals surface area contributed by atoms with Gasteiger partial charge in [0.1, 0.15) is 0 Å². The monoisotopic (exact) mass is 480 g/mol. The molecule has 178 valence electrons. The van der Waals surface area contributed by atoms with Gasteiger partial charge in [0, 0.05) is 24.5 Å². The van der Waals surface area contributed by atoms with Gasteiger partial charge in [-0.1, -0.05) is 43.3 Å². The average Bonchev–Trinajstić information content (AvgIpc) is 3.06. The number of hydrogen-bond donors (Lipinski definition) is 1. The van der Waals surface area contributed by atoms with E-state index in [1.54, 1.807) is 0 Å². The van der Waals surface area contributed by atoms with E-state index in [0.717, 1.165) is 17.2 Å². The van der Waals surface area contributed by atoms with Crippen molar-refractivity contribution in [2.24, 2.45) is 0 Å². The van der Waals surface area contributed by atoms with Crippen molar-refractivity contribution in [3.8, 4) is 0 Å². The zero-order valence-electron chi connectivity index (χ0n) is 18.4. The zero-order chi connectivity index (χ0) is 23.9. The molecule has 0 saturated carbocycles. The van der Waals surface area contributed by atoms with E-state index in [-0.39, 0.29) is 5.75 Å². The molecule has 1 aliphatic heterocycles. The molecule has 2 aliphatic rings. The highest BCUT2D eigenvalue weighted by Gasteiger charge is 2.50. The highest BCUT2D eigenvalue weighted by Crippen LogP contribution is 2.47. The molecule has 1 saturated heterocycles. The minimum atomic E-state index is -4.64. The molecular formula is C24H27F3N2O3S. The fourth-order valence-corrected chi connectivity index (χ4v) is 6.82. The van der Waals surface area contributed by atoms with Gasteiger partial charge in [-0.15, -0.1) is 0 Å². The number of piperidine rings is 1. The van der Waals surface area contributed by atoms with Crippen molar-refractivity contribution >= 4 is 15.9 Å². The van der Waals surface area contributed by atoms with E-state index in [9.17, 15) is 26.4 Å². The van der Waals surface area contributed by atoms with Crippen LogP contribution in [0.3, 0.4) is 0 Å². The SMILES string of the molecule is CCCS(=O)(=O)N1CCC2(CC1)c1ccccc1CC2NC(=O)c1ccccc1C(F)(F)F. The number of fused-ring (bicyclic) bond motifs is 2. The van der Waals surface area contributed by atoms with Gasteiger partial charge in [0.05, 0.1) is 16.9 Å². The molecule has 4 rings (SSSR count). The number of rotatable bonds is 5. The summed E-state index contributed by atoms with van der Waals surface area (Å²) in [6.07, 6.45) is -2.61. The summed E-state index contributed by atoms with van der Waals surface area (Å²) < 4.78 is 67.0. The van der Waals surface area contributed by atoms with Crippen LogP contribution in [0, 0.1) is 0 Å². The Balaban J connectivity index is 1.63. The Morgan fingerprint density at radius 1 is 1.09 bits per heavy atom. The van der Waals surface area contributed by atoms with Crippen molar-refractivity contribution in [3.63, 3.8) is 0 Å². The van der Waals surface area contributed by atoms with E-state index < -0.39 is 44.7 Å². The quantitative estimate of drug-likeness (QED) is 0.700. The standard InChI is InChI=1S/C24H27F3N2O3S/c1-2-15-33(31,32)29-13-11-23(12-14-29)19-9-5-3-7-17(19)16-21(23)28-22(30)18-8-4-6-10-20(18)24(25,26)27/h3-10,21H,2,11-16H2,1H3,(H,28,30). The summed E-state index contributed by atoms with van der Waals surface area (Å²) in [6.45, 7) is 2.46. The molecule has 5 nitrogen and oxygen atoms in total. The summed E-state index contributed by atoms with van der Waals surface area (Å²) in [5.41, 5.74) is 0.202. The molecule has 1 heterocycles. The normalized spacial score (nSPS) is 20.5.